The molecule has 7 nitrogen and oxygen atoms in total. The minimum Gasteiger partial charge on any atom is -0.383 e. The molecule has 2 aromatic carbocycles. The Balaban J connectivity index is 1.57. The van der Waals surface area contributed by atoms with Crippen molar-refractivity contribution in [2.75, 3.05) is 48.8 Å². The van der Waals surface area contributed by atoms with Gasteiger partial charge in [-0.25, -0.2) is 4.98 Å². The van der Waals surface area contributed by atoms with Crippen molar-refractivity contribution < 1.29 is 0 Å². The number of hydrogen-bond acceptors (Lipinski definition) is 6. The summed E-state index contributed by atoms with van der Waals surface area (Å²) in [6, 6.07) is 16.9. The highest BCUT2D eigenvalue weighted by Gasteiger charge is 2.20. The van der Waals surface area contributed by atoms with Crippen LogP contribution in [0.2, 0.25) is 0 Å². The Labute approximate surface area is 182 Å². The number of nitrogens with one attached hydrogen (secondary N) is 1. The first-order valence-corrected chi connectivity index (χ1v) is 10.6. The third-order valence-corrected chi connectivity index (χ3v) is 5.99. The Kier molecular flexibility index (Phi) is 4.95. The fraction of sp³-hybridized carbons (Fsp3) is 0.250. The number of nitrogens with two attached hydrogens (primary N) is 1. The van der Waals surface area contributed by atoms with Gasteiger partial charge in [-0.1, -0.05) is 6.07 Å². The zero-order chi connectivity index (χ0) is 21.4. The van der Waals surface area contributed by atoms with Crippen LogP contribution in [-0.2, 0) is 0 Å². The lowest BCUT2D eigenvalue weighted by Crippen LogP contribution is -2.44. The molecule has 0 spiro atoms. The van der Waals surface area contributed by atoms with Crippen LogP contribution in [-0.4, -0.2) is 53.1 Å². The van der Waals surface area contributed by atoms with Gasteiger partial charge in [0, 0.05) is 66.4 Å². The maximum absolute atomic E-state index is 6.15. The van der Waals surface area contributed by atoms with Gasteiger partial charge in [0.25, 0.3) is 0 Å². The number of nitrogens with zero attached hydrogens (tertiary/aromatic N) is 5. The number of aryl methyl sites for hydroxylation is 1. The molecular weight excluding hydrogens is 386 g/mol. The van der Waals surface area contributed by atoms with Crippen LogP contribution in [0.5, 0.6) is 0 Å². The molecule has 3 heterocycles. The Bertz CT molecular complexity index is 1190. The van der Waals surface area contributed by atoms with Crippen LogP contribution >= 0.6 is 0 Å². The highest BCUT2D eigenvalue weighted by atomic mass is 15.3. The van der Waals surface area contributed by atoms with Gasteiger partial charge in [-0.2, -0.15) is 4.98 Å². The van der Waals surface area contributed by atoms with E-state index in [1.807, 2.05) is 19.2 Å². The lowest BCUT2D eigenvalue weighted by Gasteiger charge is -2.34. The normalized spacial score (nSPS) is 14.8. The third-order valence-electron chi connectivity index (χ3n) is 5.99. The lowest BCUT2D eigenvalue weighted by atomic mass is 10.1. The van der Waals surface area contributed by atoms with Crippen molar-refractivity contribution in [2.24, 2.45) is 0 Å². The van der Waals surface area contributed by atoms with Gasteiger partial charge in [0.15, 0.2) is 0 Å². The molecular formula is C24H27N7. The Hall–Kier alpha value is -3.58. The summed E-state index contributed by atoms with van der Waals surface area (Å²) < 4.78 is 0. The standard InChI is InChI=1S/C24H27N7/c1-17-16-27-24(28-23(17)25)31(22-5-3-4-21-20(22)10-11-26-21)19-8-6-18(7-9-19)30-14-12-29(2)13-15-30/h3-11,16,26H,12-15H2,1-2H3,(H2,25,27,28). The number of aromatic amines is 1. The average molecular weight is 414 g/mol. The van der Waals surface area contributed by atoms with Crippen LogP contribution in [0.25, 0.3) is 10.9 Å². The molecule has 0 atom stereocenters. The summed E-state index contributed by atoms with van der Waals surface area (Å²) in [5.41, 5.74) is 11.3. The van der Waals surface area contributed by atoms with Crippen LogP contribution in [0.3, 0.4) is 0 Å². The summed E-state index contributed by atoms with van der Waals surface area (Å²) in [6.45, 7) is 6.17. The molecule has 5 rings (SSSR count). The number of nitrogen functional groups attached to an aromatic ring is 1. The predicted molar refractivity (Wildman–Crippen MR) is 127 cm³/mol. The third kappa shape index (κ3) is 3.68. The second-order valence-corrected chi connectivity index (χ2v) is 8.10. The molecule has 158 valence electrons. The van der Waals surface area contributed by atoms with Gasteiger partial charge >= 0.3 is 0 Å². The van der Waals surface area contributed by atoms with E-state index in [2.05, 4.69) is 79.2 Å². The quantitative estimate of drug-likeness (QED) is 0.525. The SMILES string of the molecule is Cc1cnc(N(c2ccc(N3CCN(C)CC3)cc2)c2cccc3[nH]ccc23)nc1N. The van der Waals surface area contributed by atoms with E-state index in [-0.39, 0.29) is 0 Å². The zero-order valence-corrected chi connectivity index (χ0v) is 17.9. The van der Waals surface area contributed by atoms with Crippen LogP contribution in [0.4, 0.5) is 28.8 Å². The molecule has 31 heavy (non-hydrogen) atoms. The molecule has 3 N–H and O–H groups in total. The van der Waals surface area contributed by atoms with Crippen molar-refractivity contribution in [1.82, 2.24) is 19.9 Å². The van der Waals surface area contributed by atoms with Crippen molar-refractivity contribution in [3.8, 4) is 0 Å². The lowest BCUT2D eigenvalue weighted by molar-refractivity contribution is 0.313. The molecule has 4 aromatic rings. The van der Waals surface area contributed by atoms with E-state index in [4.69, 9.17) is 5.73 Å². The Morgan fingerprint density at radius 1 is 1.00 bits per heavy atom. The maximum atomic E-state index is 6.15. The van der Waals surface area contributed by atoms with Crippen LogP contribution in [0, 0.1) is 6.92 Å². The van der Waals surface area contributed by atoms with Gasteiger partial charge in [0.2, 0.25) is 5.95 Å². The minimum absolute atomic E-state index is 0.491. The van der Waals surface area contributed by atoms with E-state index in [1.54, 1.807) is 6.20 Å². The summed E-state index contributed by atoms with van der Waals surface area (Å²) in [7, 11) is 2.17. The number of likely N-dealkylation sites (N-methyl/N-ethyl adjacent to an activating group) is 1. The summed E-state index contributed by atoms with van der Waals surface area (Å²) >= 11 is 0. The molecule has 1 aliphatic rings. The second kappa shape index (κ2) is 7.92. The van der Waals surface area contributed by atoms with E-state index in [9.17, 15) is 0 Å². The van der Waals surface area contributed by atoms with E-state index in [1.165, 1.54) is 5.69 Å². The summed E-state index contributed by atoms with van der Waals surface area (Å²) in [6.07, 6.45) is 3.73. The van der Waals surface area contributed by atoms with Gasteiger partial charge in [-0.05, 0) is 56.4 Å². The van der Waals surface area contributed by atoms with Crippen molar-refractivity contribution in [2.45, 2.75) is 6.92 Å². The molecule has 0 unspecified atom stereocenters. The van der Waals surface area contributed by atoms with Gasteiger partial charge in [-0.15, -0.1) is 0 Å². The summed E-state index contributed by atoms with van der Waals surface area (Å²) in [4.78, 5) is 19.4. The fourth-order valence-corrected chi connectivity index (χ4v) is 4.06. The molecule has 0 radical (unpaired) electrons. The van der Waals surface area contributed by atoms with Crippen LogP contribution in [0.1, 0.15) is 5.56 Å². The minimum atomic E-state index is 0.491. The average Bonchev–Trinajstić information content (AvgIpc) is 3.27. The van der Waals surface area contributed by atoms with Crippen molar-refractivity contribution in [1.29, 1.82) is 0 Å². The van der Waals surface area contributed by atoms with E-state index in [0.717, 1.165) is 54.0 Å². The first kappa shape index (κ1) is 19.4. The molecule has 1 aliphatic heterocycles. The molecule has 0 amide bonds. The summed E-state index contributed by atoms with van der Waals surface area (Å²) in [5, 5.41) is 1.10. The van der Waals surface area contributed by atoms with Gasteiger partial charge in [0.05, 0.1) is 5.69 Å². The molecule has 7 heteroatoms. The van der Waals surface area contributed by atoms with Gasteiger partial charge in [0.1, 0.15) is 5.82 Å². The molecule has 0 saturated carbocycles. The molecule has 1 saturated heterocycles. The number of hydrogen-bond donors (Lipinski definition) is 2. The number of anilines is 5. The van der Waals surface area contributed by atoms with E-state index >= 15 is 0 Å². The number of rotatable bonds is 4. The fourth-order valence-electron chi connectivity index (χ4n) is 4.06. The first-order valence-electron chi connectivity index (χ1n) is 10.6. The molecule has 2 aromatic heterocycles. The molecule has 0 aliphatic carbocycles. The van der Waals surface area contributed by atoms with Crippen LogP contribution < -0.4 is 15.5 Å². The zero-order valence-electron chi connectivity index (χ0n) is 17.9. The predicted octanol–water partition coefficient (Wildman–Crippen LogP) is 4.07. The Morgan fingerprint density at radius 2 is 1.77 bits per heavy atom. The highest BCUT2D eigenvalue weighted by Crippen LogP contribution is 2.37. The van der Waals surface area contributed by atoms with E-state index < -0.39 is 0 Å². The second-order valence-electron chi connectivity index (χ2n) is 8.10. The number of benzene rings is 2. The smallest absolute Gasteiger partial charge is 0.236 e. The number of H-pyrrole nitrogens is 1. The van der Waals surface area contributed by atoms with Gasteiger partial charge < -0.3 is 20.5 Å². The van der Waals surface area contributed by atoms with Gasteiger partial charge in [-0.3, -0.25) is 4.90 Å². The van der Waals surface area contributed by atoms with Crippen molar-refractivity contribution in [3.63, 3.8) is 0 Å². The molecule has 0 bridgehead atoms. The highest BCUT2D eigenvalue weighted by molar-refractivity contribution is 5.96. The van der Waals surface area contributed by atoms with Crippen LogP contribution in [0.15, 0.2) is 60.9 Å². The largest absolute Gasteiger partial charge is 0.383 e. The molecule has 1 fully saturated rings. The number of fused-ring (bicyclic) bond motifs is 1. The monoisotopic (exact) mass is 413 g/mol. The topological polar surface area (TPSA) is 77.3 Å². The Morgan fingerprint density at radius 3 is 2.52 bits per heavy atom. The van der Waals surface area contributed by atoms with E-state index in [0.29, 0.717) is 11.8 Å². The van der Waals surface area contributed by atoms with Crippen molar-refractivity contribution in [3.05, 3.63) is 66.5 Å². The van der Waals surface area contributed by atoms with Crippen molar-refractivity contribution >= 4 is 39.7 Å². The maximum Gasteiger partial charge on any atom is 0.236 e. The summed E-state index contributed by atoms with van der Waals surface area (Å²) in [5.74, 6) is 1.05. The first-order chi connectivity index (χ1) is 15.1. The number of aromatic nitrogens is 3. The number of piperazine rings is 1.